The van der Waals surface area contributed by atoms with Crippen molar-refractivity contribution in [3.05, 3.63) is 39.7 Å². The maximum atomic E-state index is 13.6. The number of aromatic nitrogens is 1. The Morgan fingerprint density at radius 3 is 2.59 bits per heavy atom. The molecule has 2 nitrogen and oxygen atoms in total. The number of benzene rings is 1. The minimum Gasteiger partial charge on any atom is -0.292 e. The van der Waals surface area contributed by atoms with E-state index in [9.17, 15) is 13.6 Å². The molecule has 0 amide bonds. The SMILES string of the molecule is CC(=O)c1nc(-c2cc(F)c(C)cc2F)cs1. The van der Waals surface area contributed by atoms with E-state index < -0.39 is 11.6 Å². The molecule has 2 rings (SSSR count). The van der Waals surface area contributed by atoms with Gasteiger partial charge in [0.15, 0.2) is 10.8 Å². The molecule has 0 saturated heterocycles. The van der Waals surface area contributed by atoms with Crippen LogP contribution in [0.1, 0.15) is 22.3 Å². The summed E-state index contributed by atoms with van der Waals surface area (Å²) < 4.78 is 27.0. The first-order valence-corrected chi connectivity index (χ1v) is 5.79. The number of Topliss-reactive ketones (excluding diaryl/α,β-unsaturated/α-hetero) is 1. The van der Waals surface area contributed by atoms with Gasteiger partial charge in [0.1, 0.15) is 11.6 Å². The molecule has 1 heterocycles. The third-order valence-electron chi connectivity index (χ3n) is 2.33. The molecule has 5 heteroatoms. The fourth-order valence-corrected chi connectivity index (χ4v) is 2.12. The molecule has 0 saturated carbocycles. The van der Waals surface area contributed by atoms with Gasteiger partial charge in [0.05, 0.1) is 5.69 Å². The fourth-order valence-electron chi connectivity index (χ4n) is 1.40. The van der Waals surface area contributed by atoms with E-state index in [1.807, 2.05) is 0 Å². The minimum absolute atomic E-state index is 0.0804. The summed E-state index contributed by atoms with van der Waals surface area (Å²) in [6.07, 6.45) is 0. The van der Waals surface area contributed by atoms with Crippen molar-refractivity contribution in [2.75, 3.05) is 0 Å². The van der Waals surface area contributed by atoms with E-state index in [-0.39, 0.29) is 22.6 Å². The summed E-state index contributed by atoms with van der Waals surface area (Å²) in [5, 5.41) is 1.84. The standard InChI is InChI=1S/C12H9F2NOS/c1-6-3-10(14)8(4-9(6)13)11-5-17-12(15-11)7(2)16/h3-5H,1-2H3. The van der Waals surface area contributed by atoms with Gasteiger partial charge in [-0.05, 0) is 24.6 Å². The van der Waals surface area contributed by atoms with Crippen molar-refractivity contribution in [1.82, 2.24) is 4.98 Å². The van der Waals surface area contributed by atoms with Gasteiger partial charge in [0, 0.05) is 17.9 Å². The smallest absolute Gasteiger partial charge is 0.188 e. The number of nitrogens with zero attached hydrogens (tertiary/aromatic N) is 1. The molecule has 0 N–H and O–H groups in total. The van der Waals surface area contributed by atoms with Crippen LogP contribution in [0.15, 0.2) is 17.5 Å². The molecule has 0 bridgehead atoms. The quantitative estimate of drug-likeness (QED) is 0.765. The van der Waals surface area contributed by atoms with Crippen LogP contribution >= 0.6 is 11.3 Å². The van der Waals surface area contributed by atoms with Crippen LogP contribution in [0.5, 0.6) is 0 Å². The Hall–Kier alpha value is -1.62. The van der Waals surface area contributed by atoms with Gasteiger partial charge in [0.2, 0.25) is 0 Å². The highest BCUT2D eigenvalue weighted by molar-refractivity contribution is 7.12. The predicted octanol–water partition coefficient (Wildman–Crippen LogP) is 3.60. The van der Waals surface area contributed by atoms with E-state index in [1.54, 1.807) is 5.38 Å². The van der Waals surface area contributed by atoms with Crippen molar-refractivity contribution in [2.24, 2.45) is 0 Å². The third-order valence-corrected chi connectivity index (χ3v) is 3.27. The van der Waals surface area contributed by atoms with Crippen LogP contribution in [-0.2, 0) is 0 Å². The zero-order chi connectivity index (χ0) is 12.6. The summed E-state index contributed by atoms with van der Waals surface area (Å²) in [4.78, 5) is 15.1. The van der Waals surface area contributed by atoms with Crippen molar-refractivity contribution in [2.45, 2.75) is 13.8 Å². The number of hydrogen-bond acceptors (Lipinski definition) is 3. The van der Waals surface area contributed by atoms with Gasteiger partial charge < -0.3 is 0 Å². The third kappa shape index (κ3) is 2.24. The maximum absolute atomic E-state index is 13.6. The van der Waals surface area contributed by atoms with Crippen LogP contribution in [0.25, 0.3) is 11.3 Å². The van der Waals surface area contributed by atoms with E-state index in [4.69, 9.17) is 0 Å². The van der Waals surface area contributed by atoms with Gasteiger partial charge >= 0.3 is 0 Å². The zero-order valence-electron chi connectivity index (χ0n) is 9.25. The number of aryl methyl sites for hydroxylation is 1. The predicted molar refractivity (Wildman–Crippen MR) is 62.2 cm³/mol. The molecule has 2 aromatic rings. The van der Waals surface area contributed by atoms with Crippen LogP contribution < -0.4 is 0 Å². The van der Waals surface area contributed by atoms with Crippen LogP contribution in [0.4, 0.5) is 8.78 Å². The molecule has 1 aromatic carbocycles. The lowest BCUT2D eigenvalue weighted by molar-refractivity contribution is 0.101. The molecule has 88 valence electrons. The lowest BCUT2D eigenvalue weighted by atomic mass is 10.1. The van der Waals surface area contributed by atoms with E-state index in [0.29, 0.717) is 5.01 Å². The number of halogens is 2. The lowest BCUT2D eigenvalue weighted by Gasteiger charge is -2.02. The number of thiazole rings is 1. The number of carbonyl (C=O) groups excluding carboxylic acids is 1. The van der Waals surface area contributed by atoms with Gasteiger partial charge in [-0.15, -0.1) is 11.3 Å². The Morgan fingerprint density at radius 1 is 1.29 bits per heavy atom. The van der Waals surface area contributed by atoms with E-state index in [0.717, 1.165) is 23.5 Å². The number of carbonyl (C=O) groups is 1. The Kier molecular flexibility index (Phi) is 3.02. The van der Waals surface area contributed by atoms with Crippen molar-refractivity contribution >= 4 is 17.1 Å². The maximum Gasteiger partial charge on any atom is 0.188 e. The van der Waals surface area contributed by atoms with Crippen LogP contribution in [-0.4, -0.2) is 10.8 Å². The van der Waals surface area contributed by atoms with E-state index in [1.165, 1.54) is 13.8 Å². The lowest BCUT2D eigenvalue weighted by Crippen LogP contribution is -1.93. The molecular formula is C12H9F2NOS. The second kappa shape index (κ2) is 4.33. The first kappa shape index (κ1) is 11.9. The normalized spacial score (nSPS) is 10.6. The van der Waals surface area contributed by atoms with Crippen LogP contribution in [0, 0.1) is 18.6 Å². The molecular weight excluding hydrogens is 244 g/mol. The zero-order valence-corrected chi connectivity index (χ0v) is 10.1. The van der Waals surface area contributed by atoms with Crippen LogP contribution in [0.2, 0.25) is 0 Å². The highest BCUT2D eigenvalue weighted by Crippen LogP contribution is 2.26. The number of ketones is 1. The Labute approximate surface area is 101 Å². The topological polar surface area (TPSA) is 30.0 Å². The molecule has 0 unspecified atom stereocenters. The monoisotopic (exact) mass is 253 g/mol. The summed E-state index contributed by atoms with van der Waals surface area (Å²) in [7, 11) is 0. The fraction of sp³-hybridized carbons (Fsp3) is 0.167. The molecule has 0 aliphatic rings. The summed E-state index contributed by atoms with van der Waals surface area (Å²) >= 11 is 1.12. The molecule has 0 aliphatic carbocycles. The Balaban J connectivity index is 2.52. The molecule has 0 atom stereocenters. The van der Waals surface area contributed by atoms with Gasteiger partial charge in [0.25, 0.3) is 0 Å². The van der Waals surface area contributed by atoms with Crippen molar-refractivity contribution in [1.29, 1.82) is 0 Å². The van der Waals surface area contributed by atoms with E-state index >= 15 is 0 Å². The first-order chi connectivity index (χ1) is 7.99. The second-order valence-electron chi connectivity index (χ2n) is 3.68. The summed E-state index contributed by atoms with van der Waals surface area (Å²) in [6, 6.07) is 2.22. The average molecular weight is 253 g/mol. The van der Waals surface area contributed by atoms with Crippen molar-refractivity contribution < 1.29 is 13.6 Å². The van der Waals surface area contributed by atoms with Gasteiger partial charge in [-0.25, -0.2) is 13.8 Å². The first-order valence-electron chi connectivity index (χ1n) is 4.91. The molecule has 0 radical (unpaired) electrons. The molecule has 17 heavy (non-hydrogen) atoms. The highest BCUT2D eigenvalue weighted by Gasteiger charge is 2.13. The summed E-state index contributed by atoms with van der Waals surface area (Å²) in [5.74, 6) is -1.21. The molecule has 0 spiro atoms. The second-order valence-corrected chi connectivity index (χ2v) is 4.53. The van der Waals surface area contributed by atoms with Crippen molar-refractivity contribution in [3.8, 4) is 11.3 Å². The van der Waals surface area contributed by atoms with Gasteiger partial charge in [-0.3, -0.25) is 4.79 Å². The van der Waals surface area contributed by atoms with Gasteiger partial charge in [-0.2, -0.15) is 0 Å². The number of hydrogen-bond donors (Lipinski definition) is 0. The summed E-state index contributed by atoms with van der Waals surface area (Å²) in [5.41, 5.74) is 0.613. The largest absolute Gasteiger partial charge is 0.292 e. The summed E-state index contributed by atoms with van der Waals surface area (Å²) in [6.45, 7) is 2.87. The highest BCUT2D eigenvalue weighted by atomic mass is 32.1. The van der Waals surface area contributed by atoms with E-state index in [2.05, 4.69) is 4.98 Å². The Bertz CT molecular complexity index is 592. The average Bonchev–Trinajstić information content (AvgIpc) is 2.72. The minimum atomic E-state index is -0.538. The molecule has 1 aromatic heterocycles. The molecule has 0 fully saturated rings. The molecule has 0 aliphatic heterocycles. The number of rotatable bonds is 2. The van der Waals surface area contributed by atoms with Crippen molar-refractivity contribution in [3.63, 3.8) is 0 Å². The van der Waals surface area contributed by atoms with Gasteiger partial charge in [-0.1, -0.05) is 0 Å². The Morgan fingerprint density at radius 2 is 2.00 bits per heavy atom. The van der Waals surface area contributed by atoms with Crippen LogP contribution in [0.3, 0.4) is 0 Å².